The lowest BCUT2D eigenvalue weighted by molar-refractivity contribution is -0.124. The lowest BCUT2D eigenvalue weighted by atomic mass is 10.1. The molecule has 0 aliphatic heterocycles. The van der Waals surface area contributed by atoms with Crippen LogP contribution in [0.25, 0.3) is 0 Å². The smallest absolute Gasteiger partial charge is 0.223 e. The Hall–Kier alpha value is -1.62. The van der Waals surface area contributed by atoms with Gasteiger partial charge < -0.3 is 15.8 Å². The molecule has 0 spiro atoms. The zero-order chi connectivity index (χ0) is 12.7. The molecule has 0 aromatic carbocycles. The quantitative estimate of drug-likeness (QED) is 0.763. The van der Waals surface area contributed by atoms with Crippen molar-refractivity contribution >= 4 is 5.91 Å². The van der Waals surface area contributed by atoms with E-state index in [1.165, 1.54) is 0 Å². The number of hydrogen-bond donors (Lipinski definition) is 2. The monoisotopic (exact) mass is 237 g/mol. The third-order valence-electron chi connectivity index (χ3n) is 2.54. The van der Waals surface area contributed by atoms with E-state index in [2.05, 4.69) is 10.3 Å². The largest absolute Gasteiger partial charge is 0.481 e. The maximum atomic E-state index is 11.7. The molecule has 3 N–H and O–H groups in total. The Morgan fingerprint density at radius 2 is 2.41 bits per heavy atom. The van der Waals surface area contributed by atoms with Crippen molar-refractivity contribution in [2.24, 2.45) is 11.7 Å². The zero-order valence-electron chi connectivity index (χ0n) is 10.3. The lowest BCUT2D eigenvalue weighted by Crippen LogP contribution is -2.30. The molecule has 1 amide bonds. The number of nitrogens with zero attached hydrogens (tertiary/aromatic N) is 1. The van der Waals surface area contributed by atoms with Crippen molar-refractivity contribution in [3.8, 4) is 5.88 Å². The minimum Gasteiger partial charge on any atom is -0.481 e. The molecule has 1 aromatic heterocycles. The van der Waals surface area contributed by atoms with Gasteiger partial charge in [-0.25, -0.2) is 4.98 Å². The number of nitrogens with two attached hydrogens (primary N) is 1. The molecule has 1 aromatic rings. The number of carbonyl (C=O) groups is 1. The molecule has 17 heavy (non-hydrogen) atoms. The van der Waals surface area contributed by atoms with Crippen LogP contribution >= 0.6 is 0 Å². The Morgan fingerprint density at radius 3 is 3.06 bits per heavy atom. The first kappa shape index (κ1) is 13.4. The molecule has 0 fully saturated rings. The summed E-state index contributed by atoms with van der Waals surface area (Å²) in [6.07, 6.45) is 2.34. The molecule has 0 bridgehead atoms. The summed E-state index contributed by atoms with van der Waals surface area (Å²) in [5, 5.41) is 2.84. The second kappa shape index (κ2) is 6.85. The number of ether oxygens (including phenoxy) is 1. The number of amides is 1. The molecule has 5 nitrogen and oxygen atoms in total. The van der Waals surface area contributed by atoms with Crippen LogP contribution in [0.1, 0.15) is 18.9 Å². The predicted octanol–water partition coefficient (Wildman–Crippen LogP) is 0.691. The maximum Gasteiger partial charge on any atom is 0.223 e. The number of nitrogens with one attached hydrogen (secondary N) is 1. The summed E-state index contributed by atoms with van der Waals surface area (Å²) < 4.78 is 5.10. The topological polar surface area (TPSA) is 77.2 Å². The molecule has 0 aliphatic carbocycles. The highest BCUT2D eigenvalue weighted by atomic mass is 16.5. The van der Waals surface area contributed by atoms with E-state index in [-0.39, 0.29) is 11.8 Å². The van der Waals surface area contributed by atoms with Crippen molar-refractivity contribution < 1.29 is 9.53 Å². The number of carbonyl (C=O) groups excluding carboxylic acids is 1. The van der Waals surface area contributed by atoms with Crippen LogP contribution in [0.4, 0.5) is 0 Å². The first-order chi connectivity index (χ1) is 8.19. The van der Waals surface area contributed by atoms with Gasteiger partial charge in [0.25, 0.3) is 0 Å². The summed E-state index contributed by atoms with van der Waals surface area (Å²) in [6.45, 7) is 2.80. The van der Waals surface area contributed by atoms with Crippen LogP contribution in [-0.2, 0) is 11.3 Å². The molecule has 1 heterocycles. The first-order valence-corrected chi connectivity index (χ1v) is 5.64. The van der Waals surface area contributed by atoms with Gasteiger partial charge >= 0.3 is 0 Å². The minimum absolute atomic E-state index is 0.00126. The molecule has 0 radical (unpaired) electrons. The van der Waals surface area contributed by atoms with Gasteiger partial charge in [-0.1, -0.05) is 13.0 Å². The fraction of sp³-hybridized carbons (Fsp3) is 0.500. The Labute approximate surface area is 101 Å². The van der Waals surface area contributed by atoms with Crippen molar-refractivity contribution in [3.63, 3.8) is 0 Å². The van der Waals surface area contributed by atoms with Gasteiger partial charge in [-0.3, -0.25) is 4.79 Å². The lowest BCUT2D eigenvalue weighted by Gasteiger charge is -2.12. The summed E-state index contributed by atoms with van der Waals surface area (Å²) in [4.78, 5) is 15.7. The second-order valence-electron chi connectivity index (χ2n) is 3.87. The number of aromatic nitrogens is 1. The van der Waals surface area contributed by atoms with Crippen molar-refractivity contribution in [1.29, 1.82) is 0 Å². The number of rotatable bonds is 6. The SMILES string of the molecule is COc1ncccc1CNC(=O)C(C)CCN. The fourth-order valence-corrected chi connectivity index (χ4v) is 1.48. The summed E-state index contributed by atoms with van der Waals surface area (Å²) >= 11 is 0. The average molecular weight is 237 g/mol. The molecular formula is C12H19N3O2. The third kappa shape index (κ3) is 4.03. The van der Waals surface area contributed by atoms with Gasteiger partial charge in [-0.05, 0) is 19.0 Å². The van der Waals surface area contributed by atoms with Crippen LogP contribution < -0.4 is 15.8 Å². The van der Waals surface area contributed by atoms with Crippen molar-refractivity contribution in [3.05, 3.63) is 23.9 Å². The van der Waals surface area contributed by atoms with Gasteiger partial charge in [0, 0.05) is 24.2 Å². The highest BCUT2D eigenvalue weighted by Gasteiger charge is 2.12. The Kier molecular flexibility index (Phi) is 5.42. The van der Waals surface area contributed by atoms with Crippen LogP contribution in [0, 0.1) is 5.92 Å². The predicted molar refractivity (Wildman–Crippen MR) is 65.5 cm³/mol. The number of pyridine rings is 1. The molecule has 5 heteroatoms. The van der Waals surface area contributed by atoms with Crippen LogP contribution in [0.5, 0.6) is 5.88 Å². The molecule has 1 unspecified atom stereocenters. The highest BCUT2D eigenvalue weighted by Crippen LogP contribution is 2.13. The third-order valence-corrected chi connectivity index (χ3v) is 2.54. The molecule has 1 rings (SSSR count). The van der Waals surface area contributed by atoms with Crippen molar-refractivity contribution in [2.45, 2.75) is 19.9 Å². The molecule has 0 saturated heterocycles. The number of hydrogen-bond acceptors (Lipinski definition) is 4. The first-order valence-electron chi connectivity index (χ1n) is 5.64. The summed E-state index contributed by atoms with van der Waals surface area (Å²) in [7, 11) is 1.56. The van der Waals surface area contributed by atoms with Crippen molar-refractivity contribution in [2.75, 3.05) is 13.7 Å². The van der Waals surface area contributed by atoms with E-state index in [0.717, 1.165) is 5.56 Å². The number of methoxy groups -OCH3 is 1. The van der Waals surface area contributed by atoms with E-state index in [1.807, 2.05) is 19.1 Å². The van der Waals surface area contributed by atoms with Gasteiger partial charge in [0.1, 0.15) is 0 Å². The fourth-order valence-electron chi connectivity index (χ4n) is 1.48. The maximum absolute atomic E-state index is 11.7. The normalized spacial score (nSPS) is 11.9. The molecule has 94 valence electrons. The summed E-state index contributed by atoms with van der Waals surface area (Å²) in [6, 6.07) is 3.69. The van der Waals surface area contributed by atoms with E-state index < -0.39 is 0 Å². The van der Waals surface area contributed by atoms with Crippen LogP contribution in [0.2, 0.25) is 0 Å². The van der Waals surface area contributed by atoms with E-state index in [1.54, 1.807) is 13.3 Å². The Balaban J connectivity index is 2.52. The zero-order valence-corrected chi connectivity index (χ0v) is 10.3. The highest BCUT2D eigenvalue weighted by molar-refractivity contribution is 5.78. The van der Waals surface area contributed by atoms with Gasteiger partial charge in [0.15, 0.2) is 0 Å². The van der Waals surface area contributed by atoms with E-state index in [0.29, 0.717) is 25.4 Å². The van der Waals surface area contributed by atoms with Crippen LogP contribution in [0.3, 0.4) is 0 Å². The molecule has 0 aliphatic rings. The van der Waals surface area contributed by atoms with Gasteiger partial charge in [-0.2, -0.15) is 0 Å². The standard InChI is InChI=1S/C12H19N3O2/c1-9(5-6-13)11(16)15-8-10-4-3-7-14-12(10)17-2/h3-4,7,9H,5-6,8,13H2,1-2H3,(H,15,16). The Bertz CT molecular complexity index is 369. The second-order valence-corrected chi connectivity index (χ2v) is 3.87. The van der Waals surface area contributed by atoms with Gasteiger partial charge in [0.2, 0.25) is 11.8 Å². The Morgan fingerprint density at radius 1 is 1.65 bits per heavy atom. The average Bonchev–Trinajstić information content (AvgIpc) is 2.36. The van der Waals surface area contributed by atoms with Crippen LogP contribution in [-0.4, -0.2) is 24.5 Å². The van der Waals surface area contributed by atoms with Crippen molar-refractivity contribution in [1.82, 2.24) is 10.3 Å². The summed E-state index contributed by atoms with van der Waals surface area (Å²) in [5.41, 5.74) is 6.27. The van der Waals surface area contributed by atoms with Crippen LogP contribution in [0.15, 0.2) is 18.3 Å². The summed E-state index contributed by atoms with van der Waals surface area (Å²) in [5.74, 6) is 0.475. The van der Waals surface area contributed by atoms with E-state index in [4.69, 9.17) is 10.5 Å². The van der Waals surface area contributed by atoms with Gasteiger partial charge in [0.05, 0.1) is 7.11 Å². The van der Waals surface area contributed by atoms with E-state index in [9.17, 15) is 4.79 Å². The van der Waals surface area contributed by atoms with Gasteiger partial charge in [-0.15, -0.1) is 0 Å². The molecule has 1 atom stereocenters. The minimum atomic E-state index is -0.0670. The molecular weight excluding hydrogens is 218 g/mol. The van der Waals surface area contributed by atoms with E-state index >= 15 is 0 Å². The molecule has 0 saturated carbocycles.